The van der Waals surface area contributed by atoms with Crippen LogP contribution in [0.5, 0.6) is 0 Å². The number of hydrogen-bond donors (Lipinski definition) is 1. The predicted octanol–water partition coefficient (Wildman–Crippen LogP) is 5.12. The van der Waals surface area contributed by atoms with Gasteiger partial charge in [-0.05, 0) is 55.2 Å². The van der Waals surface area contributed by atoms with Gasteiger partial charge < -0.3 is 5.32 Å². The second-order valence-corrected chi connectivity index (χ2v) is 6.61. The molecule has 1 N–H and O–H groups in total. The first kappa shape index (κ1) is 15.6. The fraction of sp³-hybridized carbons (Fsp3) is 0.684. The van der Waals surface area contributed by atoms with Gasteiger partial charge in [0, 0.05) is 6.04 Å². The van der Waals surface area contributed by atoms with E-state index < -0.39 is 0 Å². The number of rotatable bonds is 7. The molecule has 1 aromatic carbocycles. The van der Waals surface area contributed by atoms with Crippen LogP contribution in [0.15, 0.2) is 24.3 Å². The van der Waals surface area contributed by atoms with Crippen molar-refractivity contribution in [3.63, 3.8) is 0 Å². The van der Waals surface area contributed by atoms with Gasteiger partial charge >= 0.3 is 0 Å². The molecule has 1 saturated carbocycles. The maximum atomic E-state index is 3.82. The lowest BCUT2D eigenvalue weighted by molar-refractivity contribution is 0.359. The van der Waals surface area contributed by atoms with Crippen LogP contribution in [-0.2, 0) is 6.42 Å². The molecule has 0 aliphatic heterocycles. The summed E-state index contributed by atoms with van der Waals surface area (Å²) in [4.78, 5) is 0. The van der Waals surface area contributed by atoms with E-state index in [1.165, 1.54) is 49.7 Å². The van der Waals surface area contributed by atoms with Gasteiger partial charge in [0.25, 0.3) is 0 Å². The first-order valence-electron chi connectivity index (χ1n) is 8.56. The highest BCUT2D eigenvalue weighted by molar-refractivity contribution is 5.27. The van der Waals surface area contributed by atoms with Crippen molar-refractivity contribution in [2.24, 2.45) is 11.8 Å². The zero-order chi connectivity index (χ0) is 14.4. The number of benzene rings is 1. The predicted molar refractivity (Wildman–Crippen MR) is 88.0 cm³/mol. The van der Waals surface area contributed by atoms with Gasteiger partial charge in [0.1, 0.15) is 0 Å². The molecular weight excluding hydrogens is 242 g/mol. The largest absolute Gasteiger partial charge is 0.310 e. The number of nitrogens with one attached hydrogen (secondary N) is 1. The van der Waals surface area contributed by atoms with E-state index in [-0.39, 0.29) is 0 Å². The molecule has 0 radical (unpaired) electrons. The van der Waals surface area contributed by atoms with E-state index in [4.69, 9.17) is 0 Å². The molecule has 1 aliphatic rings. The van der Waals surface area contributed by atoms with E-state index in [2.05, 4.69) is 50.4 Å². The molecule has 0 heterocycles. The Morgan fingerprint density at radius 3 is 2.70 bits per heavy atom. The van der Waals surface area contributed by atoms with Crippen LogP contribution in [0.2, 0.25) is 0 Å². The van der Waals surface area contributed by atoms with Crippen LogP contribution in [0.3, 0.4) is 0 Å². The van der Waals surface area contributed by atoms with Gasteiger partial charge in [-0.3, -0.25) is 0 Å². The lowest BCUT2D eigenvalue weighted by Gasteiger charge is -2.26. The van der Waals surface area contributed by atoms with Gasteiger partial charge in [0.15, 0.2) is 0 Å². The van der Waals surface area contributed by atoms with E-state index in [1.54, 1.807) is 0 Å². The molecule has 0 saturated heterocycles. The molecule has 1 heteroatoms. The molecule has 3 unspecified atom stereocenters. The highest BCUT2D eigenvalue weighted by atomic mass is 14.9. The van der Waals surface area contributed by atoms with E-state index in [9.17, 15) is 0 Å². The van der Waals surface area contributed by atoms with Crippen LogP contribution in [0.4, 0.5) is 0 Å². The summed E-state index contributed by atoms with van der Waals surface area (Å²) in [7, 11) is 0. The second kappa shape index (κ2) is 7.83. The van der Waals surface area contributed by atoms with E-state index >= 15 is 0 Å². The molecular formula is C19H31N. The monoisotopic (exact) mass is 273 g/mol. The molecule has 0 aromatic heterocycles. The lowest BCUT2D eigenvalue weighted by atomic mass is 9.89. The van der Waals surface area contributed by atoms with Crippen LogP contribution >= 0.6 is 0 Å². The zero-order valence-corrected chi connectivity index (χ0v) is 13.5. The van der Waals surface area contributed by atoms with Crippen molar-refractivity contribution in [3.05, 3.63) is 35.4 Å². The smallest absolute Gasteiger partial charge is 0.0348 e. The minimum Gasteiger partial charge on any atom is -0.310 e. The van der Waals surface area contributed by atoms with Gasteiger partial charge in [-0.25, -0.2) is 0 Å². The van der Waals surface area contributed by atoms with Crippen LogP contribution in [-0.4, -0.2) is 6.54 Å². The van der Waals surface area contributed by atoms with Crippen molar-refractivity contribution in [2.75, 3.05) is 6.54 Å². The summed E-state index contributed by atoms with van der Waals surface area (Å²) in [6.07, 6.45) is 7.84. The fourth-order valence-electron chi connectivity index (χ4n) is 3.64. The second-order valence-electron chi connectivity index (χ2n) is 6.61. The number of hydrogen-bond acceptors (Lipinski definition) is 1. The Hall–Kier alpha value is -0.820. The zero-order valence-electron chi connectivity index (χ0n) is 13.5. The molecule has 20 heavy (non-hydrogen) atoms. The fourth-order valence-corrected chi connectivity index (χ4v) is 3.64. The van der Waals surface area contributed by atoms with Crippen molar-refractivity contribution in [1.82, 2.24) is 5.32 Å². The first-order valence-corrected chi connectivity index (χ1v) is 8.56. The van der Waals surface area contributed by atoms with Crippen LogP contribution < -0.4 is 5.32 Å². The summed E-state index contributed by atoms with van der Waals surface area (Å²) in [5, 5.41) is 3.82. The van der Waals surface area contributed by atoms with Crippen molar-refractivity contribution in [1.29, 1.82) is 0 Å². The third kappa shape index (κ3) is 4.09. The molecule has 2 rings (SSSR count). The molecule has 1 aliphatic carbocycles. The Morgan fingerprint density at radius 1 is 1.20 bits per heavy atom. The van der Waals surface area contributed by atoms with Gasteiger partial charge in [0.2, 0.25) is 0 Å². The molecule has 1 aromatic rings. The summed E-state index contributed by atoms with van der Waals surface area (Å²) in [6.45, 7) is 8.06. The van der Waals surface area contributed by atoms with Crippen molar-refractivity contribution in [3.8, 4) is 0 Å². The normalized spacial score (nSPS) is 23.9. The summed E-state index contributed by atoms with van der Waals surface area (Å²) < 4.78 is 0. The maximum Gasteiger partial charge on any atom is 0.0348 e. The van der Waals surface area contributed by atoms with Gasteiger partial charge in [-0.2, -0.15) is 0 Å². The van der Waals surface area contributed by atoms with E-state index in [0.717, 1.165) is 18.4 Å². The summed E-state index contributed by atoms with van der Waals surface area (Å²) in [5.74, 6) is 1.73. The minimum absolute atomic E-state index is 0.566. The third-order valence-corrected chi connectivity index (χ3v) is 4.67. The Morgan fingerprint density at radius 2 is 2.05 bits per heavy atom. The lowest BCUT2D eigenvalue weighted by Crippen LogP contribution is -2.28. The Labute approximate surface area is 125 Å². The van der Waals surface area contributed by atoms with Crippen molar-refractivity contribution in [2.45, 2.75) is 65.3 Å². The van der Waals surface area contributed by atoms with E-state index in [1.807, 2.05) is 0 Å². The van der Waals surface area contributed by atoms with Crippen LogP contribution in [0, 0.1) is 11.8 Å². The molecule has 0 bridgehead atoms. The Kier molecular flexibility index (Phi) is 6.09. The first-order chi connectivity index (χ1) is 9.74. The van der Waals surface area contributed by atoms with Crippen molar-refractivity contribution < 1.29 is 0 Å². The topological polar surface area (TPSA) is 12.0 Å². The standard InChI is InChI=1S/C19H31N/c1-4-7-16-8-6-9-17(14-16)19(20-12-5-2)18-11-10-15(3)13-18/h6,8-9,14-15,18-20H,4-5,7,10-13H2,1-3H3. The highest BCUT2D eigenvalue weighted by Gasteiger charge is 2.29. The van der Waals surface area contributed by atoms with E-state index in [0.29, 0.717) is 6.04 Å². The van der Waals surface area contributed by atoms with Crippen LogP contribution in [0.25, 0.3) is 0 Å². The summed E-state index contributed by atoms with van der Waals surface area (Å²) in [5.41, 5.74) is 3.02. The van der Waals surface area contributed by atoms with Crippen LogP contribution in [0.1, 0.15) is 70.0 Å². The highest BCUT2D eigenvalue weighted by Crippen LogP contribution is 2.39. The van der Waals surface area contributed by atoms with Crippen molar-refractivity contribution >= 4 is 0 Å². The number of aryl methyl sites for hydroxylation is 1. The van der Waals surface area contributed by atoms with Gasteiger partial charge in [-0.1, -0.05) is 57.9 Å². The average Bonchev–Trinajstić information content (AvgIpc) is 2.87. The Balaban J connectivity index is 2.14. The Bertz CT molecular complexity index is 399. The molecule has 1 nitrogen and oxygen atoms in total. The summed E-state index contributed by atoms with van der Waals surface area (Å²) in [6, 6.07) is 9.87. The quantitative estimate of drug-likeness (QED) is 0.727. The SMILES string of the molecule is CCCNC(c1cccc(CCC)c1)C1CCC(C)C1. The molecule has 1 fully saturated rings. The van der Waals surface area contributed by atoms with Gasteiger partial charge in [-0.15, -0.1) is 0 Å². The minimum atomic E-state index is 0.566. The third-order valence-electron chi connectivity index (χ3n) is 4.67. The molecule has 3 atom stereocenters. The molecule has 112 valence electrons. The average molecular weight is 273 g/mol. The van der Waals surface area contributed by atoms with Gasteiger partial charge in [0.05, 0.1) is 0 Å². The molecule has 0 amide bonds. The summed E-state index contributed by atoms with van der Waals surface area (Å²) >= 11 is 0. The molecule has 0 spiro atoms. The maximum absolute atomic E-state index is 3.82.